The average Bonchev–Trinajstić information content (AvgIpc) is 3.02. The minimum Gasteiger partial charge on any atom is -0.497 e. The fourth-order valence-corrected chi connectivity index (χ4v) is 2.24. The van der Waals surface area contributed by atoms with E-state index in [1.165, 1.54) is 0 Å². The molecule has 2 rings (SSSR count). The average molecular weight is 331 g/mol. The third-order valence-electron chi connectivity index (χ3n) is 3.61. The van der Waals surface area contributed by atoms with Crippen LogP contribution >= 0.6 is 0 Å². The van der Waals surface area contributed by atoms with Crippen LogP contribution in [0.3, 0.4) is 0 Å². The predicted molar refractivity (Wildman–Crippen MR) is 94.4 cm³/mol. The molecule has 0 atom stereocenters. The molecule has 2 N–H and O–H groups in total. The molecule has 0 saturated carbocycles. The van der Waals surface area contributed by atoms with Gasteiger partial charge in [-0.25, -0.2) is 4.99 Å². The Hall–Kier alpha value is -2.70. The van der Waals surface area contributed by atoms with Crippen LogP contribution in [0, 0.1) is 0 Å². The number of aryl methyl sites for hydroxylation is 1. The Morgan fingerprint density at radius 1 is 1.21 bits per heavy atom. The molecule has 0 spiro atoms. The van der Waals surface area contributed by atoms with Crippen LogP contribution in [0.2, 0.25) is 0 Å². The summed E-state index contributed by atoms with van der Waals surface area (Å²) in [5, 5.41) is 10.7. The SMILES string of the molecule is CCNC(=NCc1ccc(OC)cc1OC)NCc1ccnn1C. The van der Waals surface area contributed by atoms with Crippen molar-refractivity contribution in [3.05, 3.63) is 41.7 Å². The minimum absolute atomic E-state index is 0.508. The lowest BCUT2D eigenvalue weighted by atomic mass is 10.2. The zero-order chi connectivity index (χ0) is 17.4. The molecule has 0 fully saturated rings. The molecule has 0 amide bonds. The van der Waals surface area contributed by atoms with Gasteiger partial charge in [0.1, 0.15) is 11.5 Å². The van der Waals surface area contributed by atoms with Gasteiger partial charge in [-0.1, -0.05) is 0 Å². The first kappa shape index (κ1) is 17.7. The zero-order valence-electron chi connectivity index (χ0n) is 14.7. The van der Waals surface area contributed by atoms with Crippen molar-refractivity contribution < 1.29 is 9.47 Å². The lowest BCUT2D eigenvalue weighted by Gasteiger charge is -2.13. The van der Waals surface area contributed by atoms with Crippen LogP contribution < -0.4 is 20.1 Å². The van der Waals surface area contributed by atoms with E-state index in [1.807, 2.05) is 42.9 Å². The minimum atomic E-state index is 0.508. The number of nitrogens with zero attached hydrogens (tertiary/aromatic N) is 3. The number of benzene rings is 1. The molecule has 0 aliphatic rings. The summed E-state index contributed by atoms with van der Waals surface area (Å²) < 4.78 is 12.5. The monoisotopic (exact) mass is 331 g/mol. The third kappa shape index (κ3) is 4.65. The highest BCUT2D eigenvalue weighted by molar-refractivity contribution is 5.79. The van der Waals surface area contributed by atoms with Crippen LogP contribution in [0.4, 0.5) is 0 Å². The van der Waals surface area contributed by atoms with Crippen molar-refractivity contribution in [2.45, 2.75) is 20.0 Å². The van der Waals surface area contributed by atoms with Crippen molar-refractivity contribution in [3.8, 4) is 11.5 Å². The third-order valence-corrected chi connectivity index (χ3v) is 3.61. The van der Waals surface area contributed by atoms with Gasteiger partial charge in [-0.15, -0.1) is 0 Å². The fourth-order valence-electron chi connectivity index (χ4n) is 2.24. The second kappa shape index (κ2) is 8.81. The van der Waals surface area contributed by atoms with Gasteiger partial charge in [0, 0.05) is 31.4 Å². The van der Waals surface area contributed by atoms with Gasteiger partial charge in [-0.05, 0) is 25.1 Å². The van der Waals surface area contributed by atoms with Crippen LogP contribution in [-0.2, 0) is 20.1 Å². The first-order valence-electron chi connectivity index (χ1n) is 7.87. The number of hydrogen-bond donors (Lipinski definition) is 2. The molecular formula is C17H25N5O2. The van der Waals surface area contributed by atoms with Crippen molar-refractivity contribution in [2.24, 2.45) is 12.0 Å². The number of ether oxygens (including phenoxy) is 2. The topological polar surface area (TPSA) is 72.7 Å². The van der Waals surface area contributed by atoms with E-state index in [0.717, 1.165) is 35.3 Å². The molecule has 7 nitrogen and oxygen atoms in total. The number of hydrogen-bond acceptors (Lipinski definition) is 4. The maximum atomic E-state index is 5.41. The van der Waals surface area contributed by atoms with E-state index in [1.54, 1.807) is 20.4 Å². The van der Waals surface area contributed by atoms with Gasteiger partial charge in [0.05, 0.1) is 33.0 Å². The van der Waals surface area contributed by atoms with Gasteiger partial charge in [0.25, 0.3) is 0 Å². The summed E-state index contributed by atoms with van der Waals surface area (Å²) in [6.07, 6.45) is 1.78. The molecule has 1 aromatic heterocycles. The quantitative estimate of drug-likeness (QED) is 0.597. The number of aromatic nitrogens is 2. The second-order valence-electron chi connectivity index (χ2n) is 5.17. The van der Waals surface area contributed by atoms with Crippen molar-refractivity contribution in [1.29, 1.82) is 0 Å². The molecule has 0 unspecified atom stereocenters. The van der Waals surface area contributed by atoms with E-state index in [9.17, 15) is 0 Å². The molecule has 0 radical (unpaired) electrons. The van der Waals surface area contributed by atoms with Gasteiger partial charge in [0.15, 0.2) is 5.96 Å². The molecule has 1 aromatic carbocycles. The number of nitrogens with one attached hydrogen (secondary N) is 2. The summed E-state index contributed by atoms with van der Waals surface area (Å²) in [7, 11) is 5.20. The first-order chi connectivity index (χ1) is 11.7. The molecule has 0 bridgehead atoms. The smallest absolute Gasteiger partial charge is 0.191 e. The lowest BCUT2D eigenvalue weighted by Crippen LogP contribution is -2.37. The highest BCUT2D eigenvalue weighted by atomic mass is 16.5. The Labute approximate surface area is 142 Å². The van der Waals surface area contributed by atoms with Crippen LogP contribution in [0.25, 0.3) is 0 Å². The maximum Gasteiger partial charge on any atom is 0.191 e. The normalized spacial score (nSPS) is 11.2. The van der Waals surface area contributed by atoms with Crippen LogP contribution in [0.15, 0.2) is 35.5 Å². The largest absolute Gasteiger partial charge is 0.497 e. The summed E-state index contributed by atoms with van der Waals surface area (Å²) in [4.78, 5) is 4.62. The Balaban J connectivity index is 2.06. The molecule has 0 aliphatic carbocycles. The Morgan fingerprint density at radius 2 is 2.04 bits per heavy atom. The molecule has 7 heteroatoms. The molecule has 1 heterocycles. The van der Waals surface area contributed by atoms with E-state index in [4.69, 9.17) is 9.47 Å². The van der Waals surface area contributed by atoms with Crippen molar-refractivity contribution in [3.63, 3.8) is 0 Å². The standard InChI is InChI=1S/C17H25N5O2/c1-5-18-17(20-12-14-8-9-21-22(14)2)19-11-13-6-7-15(23-3)10-16(13)24-4/h6-10H,5,11-12H2,1-4H3,(H2,18,19,20). The van der Waals surface area contributed by atoms with Crippen LogP contribution in [-0.4, -0.2) is 36.5 Å². The van der Waals surface area contributed by atoms with Gasteiger partial charge in [0.2, 0.25) is 0 Å². The molecular weight excluding hydrogens is 306 g/mol. The number of aliphatic imine (C=N–C) groups is 1. The lowest BCUT2D eigenvalue weighted by molar-refractivity contribution is 0.391. The highest BCUT2D eigenvalue weighted by Gasteiger charge is 2.06. The van der Waals surface area contributed by atoms with Gasteiger partial charge in [-0.2, -0.15) is 5.10 Å². The van der Waals surface area contributed by atoms with E-state index in [2.05, 4.69) is 20.7 Å². The van der Waals surface area contributed by atoms with E-state index >= 15 is 0 Å². The Bertz CT molecular complexity index is 681. The van der Waals surface area contributed by atoms with Gasteiger partial charge >= 0.3 is 0 Å². The van der Waals surface area contributed by atoms with Crippen molar-refractivity contribution >= 4 is 5.96 Å². The van der Waals surface area contributed by atoms with E-state index in [-0.39, 0.29) is 0 Å². The highest BCUT2D eigenvalue weighted by Crippen LogP contribution is 2.25. The molecule has 130 valence electrons. The van der Waals surface area contributed by atoms with E-state index in [0.29, 0.717) is 13.1 Å². The summed E-state index contributed by atoms with van der Waals surface area (Å²) in [5.74, 6) is 2.28. The predicted octanol–water partition coefficient (Wildman–Crippen LogP) is 1.69. The van der Waals surface area contributed by atoms with Crippen LogP contribution in [0.5, 0.6) is 11.5 Å². The molecule has 0 saturated heterocycles. The molecule has 24 heavy (non-hydrogen) atoms. The summed E-state index contributed by atoms with van der Waals surface area (Å²) in [6, 6.07) is 7.71. The summed E-state index contributed by atoms with van der Waals surface area (Å²) >= 11 is 0. The molecule has 2 aromatic rings. The van der Waals surface area contributed by atoms with E-state index < -0.39 is 0 Å². The van der Waals surface area contributed by atoms with Crippen molar-refractivity contribution in [2.75, 3.05) is 20.8 Å². The number of rotatable bonds is 7. The first-order valence-corrected chi connectivity index (χ1v) is 7.87. The van der Waals surface area contributed by atoms with Gasteiger partial charge in [-0.3, -0.25) is 4.68 Å². The Morgan fingerprint density at radius 3 is 2.67 bits per heavy atom. The fraction of sp³-hybridized carbons (Fsp3) is 0.412. The number of guanidine groups is 1. The Kier molecular flexibility index (Phi) is 6.48. The van der Waals surface area contributed by atoms with Crippen LogP contribution in [0.1, 0.15) is 18.2 Å². The second-order valence-corrected chi connectivity index (χ2v) is 5.17. The molecule has 0 aliphatic heterocycles. The van der Waals surface area contributed by atoms with Gasteiger partial charge < -0.3 is 20.1 Å². The zero-order valence-corrected chi connectivity index (χ0v) is 14.7. The summed E-state index contributed by atoms with van der Waals surface area (Å²) in [5.41, 5.74) is 2.08. The number of methoxy groups -OCH3 is 2. The maximum absolute atomic E-state index is 5.41. The van der Waals surface area contributed by atoms with Crippen molar-refractivity contribution in [1.82, 2.24) is 20.4 Å². The summed E-state index contributed by atoms with van der Waals surface area (Å²) in [6.45, 7) is 3.99.